The summed E-state index contributed by atoms with van der Waals surface area (Å²) in [7, 11) is 0. The number of aliphatic hydroxyl groups is 1. The van der Waals surface area contributed by atoms with Gasteiger partial charge in [-0.3, -0.25) is 4.79 Å². The van der Waals surface area contributed by atoms with Crippen molar-refractivity contribution in [3.05, 3.63) is 64.4 Å². The number of pyridine rings is 1. The molecule has 0 radical (unpaired) electrons. The molecular formula is C20H23ClN4O3. The zero-order chi connectivity index (χ0) is 20.1. The molecule has 1 aliphatic rings. The number of benzene rings is 1. The topological polar surface area (TPSA) is 94.6 Å². The second kappa shape index (κ2) is 9.03. The van der Waals surface area contributed by atoms with Gasteiger partial charge in [0.1, 0.15) is 5.15 Å². The lowest BCUT2D eigenvalue weighted by atomic mass is 10.1. The third-order valence-corrected chi connectivity index (χ3v) is 5.01. The number of carbonyl (C=O) groups excluding carboxylic acids is 2. The maximum Gasteiger partial charge on any atom is 0.315 e. The molecule has 28 heavy (non-hydrogen) atoms. The van der Waals surface area contributed by atoms with Gasteiger partial charge in [0.2, 0.25) is 0 Å². The van der Waals surface area contributed by atoms with Gasteiger partial charge in [-0.2, -0.15) is 0 Å². The summed E-state index contributed by atoms with van der Waals surface area (Å²) >= 11 is 6.09. The van der Waals surface area contributed by atoms with Crippen LogP contribution in [0.3, 0.4) is 0 Å². The summed E-state index contributed by atoms with van der Waals surface area (Å²) < 4.78 is 0. The first kappa shape index (κ1) is 20.1. The Morgan fingerprint density at radius 1 is 1.29 bits per heavy atom. The molecule has 2 aromatic rings. The average molecular weight is 403 g/mol. The molecule has 148 valence electrons. The molecule has 8 heteroatoms. The van der Waals surface area contributed by atoms with Crippen LogP contribution < -0.4 is 10.6 Å². The quantitative estimate of drug-likeness (QED) is 0.669. The van der Waals surface area contributed by atoms with Crippen molar-refractivity contribution in [1.82, 2.24) is 20.5 Å². The van der Waals surface area contributed by atoms with Crippen molar-refractivity contribution in [2.75, 3.05) is 19.7 Å². The fourth-order valence-corrected chi connectivity index (χ4v) is 3.50. The third kappa shape index (κ3) is 4.79. The van der Waals surface area contributed by atoms with Crippen molar-refractivity contribution in [3.8, 4) is 0 Å². The number of rotatable bonds is 5. The van der Waals surface area contributed by atoms with Crippen LogP contribution in [0.1, 0.15) is 34.1 Å². The van der Waals surface area contributed by atoms with Crippen LogP contribution in [0.2, 0.25) is 5.15 Å². The van der Waals surface area contributed by atoms with E-state index in [9.17, 15) is 14.7 Å². The van der Waals surface area contributed by atoms with Gasteiger partial charge < -0.3 is 20.6 Å². The molecule has 3 rings (SSSR count). The number of nitrogens with zero attached hydrogens (tertiary/aromatic N) is 2. The van der Waals surface area contributed by atoms with Crippen molar-refractivity contribution in [2.45, 2.75) is 25.4 Å². The number of likely N-dealkylation sites (tertiary alicyclic amines) is 1. The first-order valence-electron chi connectivity index (χ1n) is 9.13. The van der Waals surface area contributed by atoms with Crippen LogP contribution in [0.5, 0.6) is 0 Å². The summed E-state index contributed by atoms with van der Waals surface area (Å²) in [5, 5.41) is 15.4. The fourth-order valence-electron chi connectivity index (χ4n) is 3.22. The molecule has 0 unspecified atom stereocenters. The summed E-state index contributed by atoms with van der Waals surface area (Å²) in [5.41, 5.74) is 1.93. The van der Waals surface area contributed by atoms with Crippen molar-refractivity contribution >= 4 is 23.5 Å². The number of aryl methyl sites for hydroxylation is 1. The van der Waals surface area contributed by atoms with Crippen LogP contribution in [0.4, 0.5) is 4.79 Å². The molecule has 1 aliphatic heterocycles. The molecule has 0 spiro atoms. The molecule has 2 heterocycles. The number of carbonyl (C=O) groups is 2. The summed E-state index contributed by atoms with van der Waals surface area (Å²) in [5.74, 6) is -0.195. The van der Waals surface area contributed by atoms with E-state index in [0.717, 1.165) is 11.3 Å². The van der Waals surface area contributed by atoms with E-state index in [1.807, 2.05) is 37.3 Å². The summed E-state index contributed by atoms with van der Waals surface area (Å²) in [6.07, 6.45) is 0.644. The number of aromatic nitrogens is 1. The number of hydrogen-bond donors (Lipinski definition) is 3. The van der Waals surface area contributed by atoms with Gasteiger partial charge in [0.05, 0.1) is 18.2 Å². The van der Waals surface area contributed by atoms with Crippen molar-refractivity contribution < 1.29 is 14.7 Å². The number of nitrogens with one attached hydrogen (secondary N) is 2. The molecular weight excluding hydrogens is 380 g/mol. The molecule has 1 fully saturated rings. The summed E-state index contributed by atoms with van der Waals surface area (Å²) in [4.78, 5) is 30.7. The minimum Gasteiger partial charge on any atom is -0.394 e. The Kier molecular flexibility index (Phi) is 6.49. The number of aliphatic hydroxyl groups excluding tert-OH is 1. The van der Waals surface area contributed by atoms with Gasteiger partial charge in [-0.25, -0.2) is 9.78 Å². The maximum absolute atomic E-state index is 12.7. The van der Waals surface area contributed by atoms with Gasteiger partial charge in [-0.1, -0.05) is 41.9 Å². The minimum atomic E-state index is -0.488. The minimum absolute atomic E-state index is 0.170. The molecule has 1 aromatic heterocycles. The van der Waals surface area contributed by atoms with E-state index < -0.39 is 6.04 Å². The smallest absolute Gasteiger partial charge is 0.315 e. The monoisotopic (exact) mass is 402 g/mol. The first-order chi connectivity index (χ1) is 13.5. The molecule has 0 aliphatic carbocycles. The molecule has 7 nitrogen and oxygen atoms in total. The lowest BCUT2D eigenvalue weighted by molar-refractivity contribution is 0.0789. The molecule has 0 bridgehead atoms. The lowest BCUT2D eigenvalue weighted by Crippen LogP contribution is -2.45. The van der Waals surface area contributed by atoms with Crippen molar-refractivity contribution in [3.63, 3.8) is 0 Å². The van der Waals surface area contributed by atoms with Gasteiger partial charge in [0.15, 0.2) is 0 Å². The van der Waals surface area contributed by atoms with Gasteiger partial charge in [0.25, 0.3) is 5.91 Å². The first-order valence-corrected chi connectivity index (χ1v) is 9.51. The summed E-state index contributed by atoms with van der Waals surface area (Å²) in [6, 6.07) is 11.6. The third-order valence-electron chi connectivity index (χ3n) is 4.72. The SMILES string of the molecule is Cc1ccc(C(=O)N2CC[C@@H](NC(=O)N[C@@H](CO)c3ccccc3)C2)c(Cl)n1. The Balaban J connectivity index is 1.55. The molecule has 0 saturated carbocycles. The highest BCUT2D eigenvalue weighted by Gasteiger charge is 2.29. The lowest BCUT2D eigenvalue weighted by Gasteiger charge is -2.20. The van der Waals surface area contributed by atoms with Gasteiger partial charge in [0, 0.05) is 24.8 Å². The fraction of sp³-hybridized carbons (Fsp3) is 0.350. The number of urea groups is 1. The Morgan fingerprint density at radius 2 is 2.04 bits per heavy atom. The van der Waals surface area contributed by atoms with Crippen LogP contribution in [0, 0.1) is 6.92 Å². The highest BCUT2D eigenvalue weighted by molar-refractivity contribution is 6.32. The molecule has 3 amide bonds. The van der Waals surface area contributed by atoms with Gasteiger partial charge in [-0.05, 0) is 31.0 Å². The standard InChI is InChI=1S/C20H23ClN4O3/c1-13-7-8-16(18(21)22-13)19(27)25-10-9-15(11-25)23-20(28)24-17(12-26)14-5-3-2-4-6-14/h2-8,15,17,26H,9-12H2,1H3,(H2,23,24,28)/t15-,17+/m1/s1. The molecule has 1 saturated heterocycles. The van der Waals surface area contributed by atoms with E-state index in [0.29, 0.717) is 25.1 Å². The van der Waals surface area contributed by atoms with Crippen LogP contribution in [-0.4, -0.2) is 52.7 Å². The van der Waals surface area contributed by atoms with Crippen LogP contribution >= 0.6 is 11.6 Å². The van der Waals surface area contributed by atoms with E-state index in [1.165, 1.54) is 0 Å². The predicted octanol–water partition coefficient (Wildman–Crippen LogP) is 2.29. The van der Waals surface area contributed by atoms with Gasteiger partial charge >= 0.3 is 6.03 Å². The zero-order valence-corrected chi connectivity index (χ0v) is 16.3. The second-order valence-corrected chi connectivity index (χ2v) is 7.15. The predicted molar refractivity (Wildman–Crippen MR) is 106 cm³/mol. The average Bonchev–Trinajstić information content (AvgIpc) is 3.14. The Labute approximate surface area is 168 Å². The van der Waals surface area contributed by atoms with E-state index in [1.54, 1.807) is 17.0 Å². The largest absolute Gasteiger partial charge is 0.394 e. The van der Waals surface area contributed by atoms with Crippen LogP contribution in [0.25, 0.3) is 0 Å². The molecule has 3 N–H and O–H groups in total. The highest BCUT2D eigenvalue weighted by Crippen LogP contribution is 2.19. The zero-order valence-electron chi connectivity index (χ0n) is 15.6. The highest BCUT2D eigenvalue weighted by atomic mass is 35.5. The number of halogens is 1. The molecule has 1 aromatic carbocycles. The normalized spacial score (nSPS) is 17.2. The van der Waals surface area contributed by atoms with E-state index >= 15 is 0 Å². The number of amides is 3. The Bertz CT molecular complexity index is 847. The van der Waals surface area contributed by atoms with Crippen LogP contribution in [-0.2, 0) is 0 Å². The molecule has 2 atom stereocenters. The van der Waals surface area contributed by atoms with E-state index in [-0.39, 0.29) is 29.7 Å². The summed E-state index contributed by atoms with van der Waals surface area (Å²) in [6.45, 7) is 2.52. The Morgan fingerprint density at radius 3 is 2.71 bits per heavy atom. The number of hydrogen-bond acceptors (Lipinski definition) is 4. The van der Waals surface area contributed by atoms with E-state index in [4.69, 9.17) is 11.6 Å². The van der Waals surface area contributed by atoms with Crippen LogP contribution in [0.15, 0.2) is 42.5 Å². The van der Waals surface area contributed by atoms with E-state index in [2.05, 4.69) is 15.6 Å². The van der Waals surface area contributed by atoms with Crippen molar-refractivity contribution in [1.29, 1.82) is 0 Å². The van der Waals surface area contributed by atoms with Gasteiger partial charge in [-0.15, -0.1) is 0 Å². The van der Waals surface area contributed by atoms with Crippen molar-refractivity contribution in [2.24, 2.45) is 0 Å². The maximum atomic E-state index is 12.7. The Hall–Kier alpha value is -2.64. The second-order valence-electron chi connectivity index (χ2n) is 6.79.